The van der Waals surface area contributed by atoms with E-state index in [1.807, 2.05) is 24.3 Å². The molecule has 3 aromatic carbocycles. The SMILES string of the molecule is O=C(NCC=Cc1ccc2c(c1)CNCC2)OCC1c2ccccc2-c2ccccc21. The van der Waals surface area contributed by atoms with E-state index in [-0.39, 0.29) is 12.0 Å². The highest BCUT2D eigenvalue weighted by atomic mass is 16.5. The fourth-order valence-electron chi connectivity index (χ4n) is 4.59. The van der Waals surface area contributed by atoms with Crippen molar-refractivity contribution in [3.63, 3.8) is 0 Å². The molecule has 0 spiro atoms. The number of rotatable bonds is 5. The summed E-state index contributed by atoms with van der Waals surface area (Å²) in [5.74, 6) is 0.0813. The molecule has 0 saturated carbocycles. The van der Waals surface area contributed by atoms with Crippen molar-refractivity contribution in [2.75, 3.05) is 19.7 Å². The van der Waals surface area contributed by atoms with Gasteiger partial charge in [-0.15, -0.1) is 0 Å². The van der Waals surface area contributed by atoms with E-state index in [4.69, 9.17) is 4.74 Å². The van der Waals surface area contributed by atoms with Crippen molar-refractivity contribution >= 4 is 12.2 Å². The first-order valence-corrected chi connectivity index (χ1v) is 10.9. The zero-order valence-electron chi connectivity index (χ0n) is 17.4. The lowest BCUT2D eigenvalue weighted by atomic mass is 9.98. The molecule has 2 aliphatic rings. The van der Waals surface area contributed by atoms with Crippen molar-refractivity contribution in [2.45, 2.75) is 18.9 Å². The van der Waals surface area contributed by atoms with Gasteiger partial charge in [0.1, 0.15) is 6.61 Å². The number of carbonyl (C=O) groups excluding carboxylic acids is 1. The largest absolute Gasteiger partial charge is 0.449 e. The van der Waals surface area contributed by atoms with Crippen LogP contribution in [0.2, 0.25) is 0 Å². The van der Waals surface area contributed by atoms with Crippen LogP contribution in [0.5, 0.6) is 0 Å². The predicted molar refractivity (Wildman–Crippen MR) is 124 cm³/mol. The van der Waals surface area contributed by atoms with E-state index >= 15 is 0 Å². The minimum atomic E-state index is -0.388. The van der Waals surface area contributed by atoms with Crippen LogP contribution in [0.1, 0.15) is 33.7 Å². The standard InChI is InChI=1S/C27H26N2O2/c30-27(29-14-5-6-19-11-12-20-13-15-28-17-21(20)16-19)31-18-26-24-9-3-1-7-22(24)23-8-2-4-10-25(23)26/h1-12,16,26,28H,13-15,17-18H2,(H,29,30). The number of amides is 1. The second-order valence-corrected chi connectivity index (χ2v) is 8.06. The van der Waals surface area contributed by atoms with Crippen LogP contribution in [0.4, 0.5) is 4.79 Å². The average molecular weight is 411 g/mol. The highest BCUT2D eigenvalue weighted by molar-refractivity contribution is 5.79. The molecular formula is C27H26N2O2. The third-order valence-electron chi connectivity index (χ3n) is 6.14. The number of benzene rings is 3. The Balaban J connectivity index is 1.15. The summed E-state index contributed by atoms with van der Waals surface area (Å²) in [5.41, 5.74) is 8.84. The first-order chi connectivity index (χ1) is 15.3. The van der Waals surface area contributed by atoms with Crippen molar-refractivity contribution in [3.8, 4) is 11.1 Å². The van der Waals surface area contributed by atoms with E-state index in [0.29, 0.717) is 13.2 Å². The molecule has 0 fully saturated rings. The minimum Gasteiger partial charge on any atom is -0.449 e. The molecule has 1 aliphatic carbocycles. The Bertz CT molecular complexity index is 1090. The van der Waals surface area contributed by atoms with Crippen LogP contribution in [0, 0.1) is 0 Å². The van der Waals surface area contributed by atoms with E-state index in [1.54, 1.807) is 0 Å². The van der Waals surface area contributed by atoms with E-state index < -0.39 is 0 Å². The van der Waals surface area contributed by atoms with Gasteiger partial charge in [-0.2, -0.15) is 0 Å². The normalized spacial score (nSPS) is 14.7. The van der Waals surface area contributed by atoms with Crippen LogP contribution >= 0.6 is 0 Å². The van der Waals surface area contributed by atoms with Gasteiger partial charge in [0.25, 0.3) is 0 Å². The topological polar surface area (TPSA) is 50.4 Å². The van der Waals surface area contributed by atoms with Gasteiger partial charge < -0.3 is 15.4 Å². The molecule has 4 nitrogen and oxygen atoms in total. The fourth-order valence-corrected chi connectivity index (χ4v) is 4.59. The van der Waals surface area contributed by atoms with Crippen molar-refractivity contribution in [1.29, 1.82) is 0 Å². The predicted octanol–water partition coefficient (Wildman–Crippen LogP) is 4.88. The highest BCUT2D eigenvalue weighted by Crippen LogP contribution is 2.44. The Morgan fingerprint density at radius 3 is 2.52 bits per heavy atom. The van der Waals surface area contributed by atoms with E-state index in [9.17, 15) is 4.79 Å². The van der Waals surface area contributed by atoms with Crippen LogP contribution in [-0.2, 0) is 17.7 Å². The Labute approximate surface area is 183 Å². The number of alkyl carbamates (subject to hydrolysis) is 1. The van der Waals surface area contributed by atoms with Crippen molar-refractivity contribution < 1.29 is 9.53 Å². The summed E-state index contributed by atoms with van der Waals surface area (Å²) in [6.07, 6.45) is 4.70. The molecule has 4 heteroatoms. The number of fused-ring (bicyclic) bond motifs is 4. The highest BCUT2D eigenvalue weighted by Gasteiger charge is 2.28. The van der Waals surface area contributed by atoms with Gasteiger partial charge in [0.05, 0.1) is 0 Å². The third kappa shape index (κ3) is 4.12. The molecule has 1 heterocycles. The number of hydrogen-bond acceptors (Lipinski definition) is 3. The molecule has 0 aromatic heterocycles. The first-order valence-electron chi connectivity index (χ1n) is 10.9. The van der Waals surface area contributed by atoms with Gasteiger partial charge in [-0.25, -0.2) is 4.79 Å². The molecule has 5 rings (SSSR count). The van der Waals surface area contributed by atoms with Crippen LogP contribution in [-0.4, -0.2) is 25.8 Å². The summed E-state index contributed by atoms with van der Waals surface area (Å²) in [6.45, 7) is 2.74. The molecule has 2 N–H and O–H groups in total. The van der Waals surface area contributed by atoms with Crippen LogP contribution in [0.15, 0.2) is 72.8 Å². The molecule has 3 aromatic rings. The summed E-state index contributed by atoms with van der Waals surface area (Å²) < 4.78 is 5.57. The number of ether oxygens (including phenoxy) is 1. The lowest BCUT2D eigenvalue weighted by Gasteiger charge is -2.17. The zero-order chi connectivity index (χ0) is 21.0. The molecule has 0 bridgehead atoms. The molecule has 0 unspecified atom stereocenters. The van der Waals surface area contributed by atoms with Gasteiger partial charge in [0, 0.05) is 19.0 Å². The molecule has 156 valence electrons. The summed E-state index contributed by atoms with van der Waals surface area (Å²) in [5, 5.41) is 6.23. The molecule has 0 saturated heterocycles. The van der Waals surface area contributed by atoms with Gasteiger partial charge >= 0.3 is 6.09 Å². The number of hydrogen-bond donors (Lipinski definition) is 2. The lowest BCUT2D eigenvalue weighted by molar-refractivity contribution is 0.144. The summed E-state index contributed by atoms with van der Waals surface area (Å²) >= 11 is 0. The molecular weight excluding hydrogens is 384 g/mol. The summed E-state index contributed by atoms with van der Waals surface area (Å²) in [6, 6.07) is 23.3. The fraction of sp³-hybridized carbons (Fsp3) is 0.222. The molecule has 31 heavy (non-hydrogen) atoms. The van der Waals surface area contributed by atoms with Gasteiger partial charge in [0.2, 0.25) is 0 Å². The maximum absolute atomic E-state index is 12.3. The van der Waals surface area contributed by atoms with Gasteiger partial charge in [-0.1, -0.05) is 78.9 Å². The Hall–Kier alpha value is -3.37. The second-order valence-electron chi connectivity index (χ2n) is 8.06. The molecule has 0 radical (unpaired) electrons. The molecule has 1 amide bonds. The van der Waals surface area contributed by atoms with E-state index in [1.165, 1.54) is 33.4 Å². The Morgan fingerprint density at radius 2 is 1.74 bits per heavy atom. The quantitative estimate of drug-likeness (QED) is 0.630. The van der Waals surface area contributed by atoms with Crippen LogP contribution < -0.4 is 10.6 Å². The Morgan fingerprint density at radius 1 is 1.00 bits per heavy atom. The Kier molecular flexibility index (Phi) is 5.55. The van der Waals surface area contributed by atoms with Crippen molar-refractivity contribution in [1.82, 2.24) is 10.6 Å². The zero-order valence-corrected chi connectivity index (χ0v) is 17.4. The second kappa shape index (κ2) is 8.78. The smallest absolute Gasteiger partial charge is 0.407 e. The minimum absolute atomic E-state index is 0.0813. The maximum Gasteiger partial charge on any atom is 0.407 e. The summed E-state index contributed by atoms with van der Waals surface area (Å²) in [7, 11) is 0. The van der Waals surface area contributed by atoms with E-state index in [2.05, 4.69) is 65.2 Å². The van der Waals surface area contributed by atoms with Gasteiger partial charge in [-0.3, -0.25) is 0 Å². The summed E-state index contributed by atoms with van der Waals surface area (Å²) in [4.78, 5) is 12.3. The number of carbonyl (C=O) groups is 1. The monoisotopic (exact) mass is 410 g/mol. The maximum atomic E-state index is 12.3. The molecule has 1 aliphatic heterocycles. The van der Waals surface area contributed by atoms with Crippen LogP contribution in [0.3, 0.4) is 0 Å². The first kappa shape index (κ1) is 19.6. The van der Waals surface area contributed by atoms with Gasteiger partial charge in [-0.05, 0) is 51.9 Å². The average Bonchev–Trinajstić information content (AvgIpc) is 3.14. The van der Waals surface area contributed by atoms with E-state index in [0.717, 1.165) is 25.1 Å². The molecule has 0 atom stereocenters. The number of nitrogens with one attached hydrogen (secondary N) is 2. The lowest BCUT2D eigenvalue weighted by Crippen LogP contribution is -2.26. The third-order valence-corrected chi connectivity index (χ3v) is 6.14. The van der Waals surface area contributed by atoms with Crippen molar-refractivity contribution in [3.05, 3.63) is 101 Å². The van der Waals surface area contributed by atoms with Crippen LogP contribution in [0.25, 0.3) is 17.2 Å². The van der Waals surface area contributed by atoms with Gasteiger partial charge in [0.15, 0.2) is 0 Å². The van der Waals surface area contributed by atoms with Crippen molar-refractivity contribution in [2.24, 2.45) is 0 Å².